The van der Waals surface area contributed by atoms with Gasteiger partial charge in [0.15, 0.2) is 0 Å². The Labute approximate surface area is 82.9 Å². The highest BCUT2D eigenvalue weighted by molar-refractivity contribution is 5.80. The van der Waals surface area contributed by atoms with Crippen LogP contribution in [0.3, 0.4) is 0 Å². The van der Waals surface area contributed by atoms with Gasteiger partial charge in [0, 0.05) is 25.8 Å². The highest BCUT2D eigenvalue weighted by atomic mass is 16.7. The van der Waals surface area contributed by atoms with E-state index in [4.69, 9.17) is 9.57 Å². The topological polar surface area (TPSA) is 55.8 Å². The van der Waals surface area contributed by atoms with Crippen LogP contribution in [0, 0.1) is 11.8 Å². The van der Waals surface area contributed by atoms with E-state index in [2.05, 4.69) is 0 Å². The monoisotopic (exact) mass is 201 g/mol. The average Bonchev–Trinajstić information content (AvgIpc) is 2.91. The number of rotatable bonds is 4. The van der Waals surface area contributed by atoms with Crippen molar-refractivity contribution in [3.63, 3.8) is 0 Å². The summed E-state index contributed by atoms with van der Waals surface area (Å²) in [6.45, 7) is 1.70. The zero-order valence-corrected chi connectivity index (χ0v) is 8.65. The predicted molar refractivity (Wildman–Crippen MR) is 48.0 cm³/mol. The molecule has 1 saturated carbocycles. The molecule has 80 valence electrons. The molecular weight excluding hydrogens is 186 g/mol. The number of hydrogen-bond donors (Lipinski definition) is 0. The van der Waals surface area contributed by atoms with Crippen LogP contribution in [0.15, 0.2) is 0 Å². The molecule has 14 heavy (non-hydrogen) atoms. The number of amides is 1. The molecule has 0 heterocycles. The molecule has 1 aliphatic carbocycles. The van der Waals surface area contributed by atoms with Crippen LogP contribution in [0.4, 0.5) is 0 Å². The molecule has 0 bridgehead atoms. The molecule has 0 aromatic heterocycles. The van der Waals surface area contributed by atoms with E-state index in [0.29, 0.717) is 6.61 Å². The summed E-state index contributed by atoms with van der Waals surface area (Å²) in [4.78, 5) is 26.7. The summed E-state index contributed by atoms with van der Waals surface area (Å²) in [6.07, 6.45) is 0.778. The van der Waals surface area contributed by atoms with Crippen molar-refractivity contribution >= 4 is 11.9 Å². The first kappa shape index (κ1) is 11.0. The predicted octanol–water partition coefficient (Wildman–Crippen LogP) is 0.205. The van der Waals surface area contributed by atoms with Gasteiger partial charge in [-0.05, 0) is 6.42 Å². The van der Waals surface area contributed by atoms with E-state index in [1.165, 1.54) is 19.1 Å². The SMILES string of the molecule is CON(C)C(=O)[C@@H]1C[C@H]1COC(C)=O. The molecule has 0 aromatic carbocycles. The average molecular weight is 201 g/mol. The summed E-state index contributed by atoms with van der Waals surface area (Å²) < 4.78 is 4.81. The van der Waals surface area contributed by atoms with E-state index >= 15 is 0 Å². The van der Waals surface area contributed by atoms with Crippen LogP contribution in [0.25, 0.3) is 0 Å². The first-order valence-corrected chi connectivity index (χ1v) is 4.51. The van der Waals surface area contributed by atoms with Crippen LogP contribution in [-0.4, -0.2) is 37.7 Å². The van der Waals surface area contributed by atoms with E-state index in [1.54, 1.807) is 7.05 Å². The Balaban J connectivity index is 2.25. The van der Waals surface area contributed by atoms with Gasteiger partial charge in [0.05, 0.1) is 13.7 Å². The molecule has 0 aromatic rings. The second-order valence-electron chi connectivity index (χ2n) is 3.42. The largest absolute Gasteiger partial charge is 0.466 e. The lowest BCUT2D eigenvalue weighted by Crippen LogP contribution is -2.27. The molecule has 1 fully saturated rings. The summed E-state index contributed by atoms with van der Waals surface area (Å²) >= 11 is 0. The van der Waals surface area contributed by atoms with Gasteiger partial charge in [-0.3, -0.25) is 14.4 Å². The van der Waals surface area contributed by atoms with Crippen molar-refractivity contribution in [1.29, 1.82) is 0 Å². The van der Waals surface area contributed by atoms with Crippen molar-refractivity contribution in [1.82, 2.24) is 5.06 Å². The van der Waals surface area contributed by atoms with Crippen LogP contribution in [0.1, 0.15) is 13.3 Å². The number of ether oxygens (including phenoxy) is 1. The summed E-state index contributed by atoms with van der Waals surface area (Å²) in [5.74, 6) is -0.226. The molecule has 1 rings (SSSR count). The summed E-state index contributed by atoms with van der Waals surface area (Å²) in [6, 6.07) is 0. The first-order chi connectivity index (χ1) is 6.56. The molecule has 1 amide bonds. The Hall–Kier alpha value is -1.10. The normalized spacial score (nSPS) is 24.2. The first-order valence-electron chi connectivity index (χ1n) is 4.51. The quantitative estimate of drug-likeness (QED) is 0.482. The zero-order valence-electron chi connectivity index (χ0n) is 8.65. The van der Waals surface area contributed by atoms with Crippen LogP contribution in [-0.2, 0) is 19.2 Å². The Kier molecular flexibility index (Phi) is 3.46. The van der Waals surface area contributed by atoms with Crippen molar-refractivity contribution in [2.24, 2.45) is 11.8 Å². The fourth-order valence-corrected chi connectivity index (χ4v) is 1.28. The number of nitrogens with zero attached hydrogens (tertiary/aromatic N) is 1. The van der Waals surface area contributed by atoms with Crippen LogP contribution in [0.5, 0.6) is 0 Å². The lowest BCUT2D eigenvalue weighted by atomic mass is 10.3. The van der Waals surface area contributed by atoms with E-state index in [-0.39, 0.29) is 23.7 Å². The Morgan fingerprint density at radius 1 is 1.50 bits per heavy atom. The number of carbonyl (C=O) groups excluding carboxylic acids is 2. The van der Waals surface area contributed by atoms with E-state index < -0.39 is 0 Å². The number of hydroxylamine groups is 2. The molecule has 2 atom stereocenters. The summed E-state index contributed by atoms with van der Waals surface area (Å²) in [5, 5.41) is 1.21. The van der Waals surface area contributed by atoms with Crippen LogP contribution >= 0.6 is 0 Å². The third-order valence-electron chi connectivity index (χ3n) is 2.32. The molecular formula is C9H15NO4. The van der Waals surface area contributed by atoms with Gasteiger partial charge in [0.25, 0.3) is 0 Å². The fraction of sp³-hybridized carbons (Fsp3) is 0.778. The Morgan fingerprint density at radius 2 is 2.14 bits per heavy atom. The van der Waals surface area contributed by atoms with Crippen LogP contribution in [0.2, 0.25) is 0 Å². The molecule has 1 aliphatic rings. The minimum absolute atomic E-state index is 0.0423. The van der Waals surface area contributed by atoms with Gasteiger partial charge in [-0.1, -0.05) is 0 Å². The van der Waals surface area contributed by atoms with Crippen molar-refractivity contribution in [3.8, 4) is 0 Å². The second-order valence-corrected chi connectivity index (χ2v) is 3.42. The second kappa shape index (κ2) is 4.41. The van der Waals surface area contributed by atoms with E-state index in [0.717, 1.165) is 6.42 Å². The van der Waals surface area contributed by atoms with Crippen molar-refractivity contribution in [3.05, 3.63) is 0 Å². The Bertz CT molecular complexity index is 241. The standard InChI is InChI=1S/C9H15NO4/c1-6(11)14-5-7-4-8(7)9(12)10(2)13-3/h7-8H,4-5H2,1-3H3/t7-,8+/m0/s1. The van der Waals surface area contributed by atoms with Gasteiger partial charge < -0.3 is 4.74 Å². The van der Waals surface area contributed by atoms with E-state index in [1.807, 2.05) is 0 Å². The maximum atomic E-state index is 11.5. The minimum atomic E-state index is -0.303. The molecule has 0 aliphatic heterocycles. The maximum Gasteiger partial charge on any atom is 0.302 e. The smallest absolute Gasteiger partial charge is 0.302 e. The third kappa shape index (κ3) is 2.70. The molecule has 5 nitrogen and oxygen atoms in total. The number of esters is 1. The zero-order chi connectivity index (χ0) is 10.7. The molecule has 0 saturated heterocycles. The summed E-state index contributed by atoms with van der Waals surface area (Å²) in [7, 11) is 3.02. The molecule has 0 N–H and O–H groups in total. The van der Waals surface area contributed by atoms with Crippen LogP contribution < -0.4 is 0 Å². The third-order valence-corrected chi connectivity index (χ3v) is 2.32. The van der Waals surface area contributed by atoms with Gasteiger partial charge in [0.1, 0.15) is 0 Å². The van der Waals surface area contributed by atoms with Gasteiger partial charge in [-0.25, -0.2) is 5.06 Å². The van der Waals surface area contributed by atoms with Gasteiger partial charge in [-0.15, -0.1) is 0 Å². The van der Waals surface area contributed by atoms with Crippen molar-refractivity contribution in [2.75, 3.05) is 20.8 Å². The van der Waals surface area contributed by atoms with Gasteiger partial charge >= 0.3 is 5.97 Å². The molecule has 0 unspecified atom stereocenters. The number of carbonyl (C=O) groups is 2. The molecule has 0 spiro atoms. The Morgan fingerprint density at radius 3 is 2.64 bits per heavy atom. The lowest BCUT2D eigenvalue weighted by Gasteiger charge is -2.13. The highest BCUT2D eigenvalue weighted by Gasteiger charge is 2.45. The fourth-order valence-electron chi connectivity index (χ4n) is 1.28. The van der Waals surface area contributed by atoms with Crippen molar-refractivity contribution < 1.29 is 19.2 Å². The van der Waals surface area contributed by atoms with Gasteiger partial charge in [0.2, 0.25) is 5.91 Å². The number of hydrogen-bond acceptors (Lipinski definition) is 4. The maximum absolute atomic E-state index is 11.5. The molecule has 5 heteroatoms. The van der Waals surface area contributed by atoms with E-state index in [9.17, 15) is 9.59 Å². The highest BCUT2D eigenvalue weighted by Crippen LogP contribution is 2.39. The van der Waals surface area contributed by atoms with Crippen molar-refractivity contribution in [2.45, 2.75) is 13.3 Å². The molecule has 0 radical (unpaired) electrons. The summed E-state index contributed by atoms with van der Waals surface area (Å²) in [5.41, 5.74) is 0. The lowest BCUT2D eigenvalue weighted by molar-refractivity contribution is -0.170. The van der Waals surface area contributed by atoms with Gasteiger partial charge in [-0.2, -0.15) is 0 Å². The minimum Gasteiger partial charge on any atom is -0.466 e.